The molecule has 1 aliphatic rings. The van der Waals surface area contributed by atoms with Crippen molar-refractivity contribution in [3.8, 4) is 11.5 Å². The lowest BCUT2D eigenvalue weighted by Crippen LogP contribution is -2.43. The Kier molecular flexibility index (Phi) is 4.32. The van der Waals surface area contributed by atoms with Gasteiger partial charge < -0.3 is 19.9 Å². The van der Waals surface area contributed by atoms with Gasteiger partial charge in [-0.15, -0.1) is 0 Å². The van der Waals surface area contributed by atoms with E-state index in [9.17, 15) is 5.11 Å². The van der Waals surface area contributed by atoms with Gasteiger partial charge in [0.2, 0.25) is 0 Å². The van der Waals surface area contributed by atoms with Crippen molar-refractivity contribution in [1.29, 1.82) is 0 Å². The molecule has 0 saturated carbocycles. The molecule has 1 heterocycles. The molecule has 106 valence electrons. The summed E-state index contributed by atoms with van der Waals surface area (Å²) < 4.78 is 11.2. The van der Waals surface area contributed by atoms with Crippen LogP contribution < -0.4 is 14.8 Å². The van der Waals surface area contributed by atoms with Gasteiger partial charge in [-0.05, 0) is 57.0 Å². The van der Waals surface area contributed by atoms with Gasteiger partial charge in [-0.2, -0.15) is 0 Å². The van der Waals surface area contributed by atoms with Gasteiger partial charge in [0.1, 0.15) is 13.2 Å². The number of aryl methyl sites for hydroxylation is 1. The van der Waals surface area contributed by atoms with Crippen LogP contribution in [0.4, 0.5) is 0 Å². The van der Waals surface area contributed by atoms with Crippen LogP contribution in [0.15, 0.2) is 12.1 Å². The van der Waals surface area contributed by atoms with Crippen molar-refractivity contribution in [3.05, 3.63) is 23.3 Å². The Bertz CT molecular complexity index is 443. The number of fused-ring (bicyclic) bond motifs is 1. The number of hydrogen-bond donors (Lipinski definition) is 2. The van der Waals surface area contributed by atoms with Gasteiger partial charge in [0.25, 0.3) is 0 Å². The van der Waals surface area contributed by atoms with Crippen molar-refractivity contribution in [2.45, 2.75) is 32.7 Å². The van der Waals surface area contributed by atoms with Crippen LogP contribution in [0.25, 0.3) is 0 Å². The maximum absolute atomic E-state index is 9.20. The topological polar surface area (TPSA) is 50.7 Å². The number of aliphatic hydroxyl groups is 1. The second-order valence-electron chi connectivity index (χ2n) is 5.64. The van der Waals surface area contributed by atoms with Crippen LogP contribution in [0.1, 0.15) is 25.0 Å². The quantitative estimate of drug-likeness (QED) is 0.850. The molecule has 2 N–H and O–H groups in total. The largest absolute Gasteiger partial charge is 0.486 e. The van der Waals surface area contributed by atoms with E-state index >= 15 is 0 Å². The van der Waals surface area contributed by atoms with Crippen molar-refractivity contribution < 1.29 is 14.6 Å². The number of ether oxygens (including phenoxy) is 2. The Labute approximate surface area is 114 Å². The van der Waals surface area contributed by atoms with E-state index in [1.54, 1.807) is 0 Å². The van der Waals surface area contributed by atoms with E-state index in [-0.39, 0.29) is 12.1 Å². The first-order valence-corrected chi connectivity index (χ1v) is 6.77. The van der Waals surface area contributed by atoms with Crippen LogP contribution in [0.3, 0.4) is 0 Å². The van der Waals surface area contributed by atoms with Gasteiger partial charge in [0.05, 0.1) is 6.61 Å². The molecule has 0 spiro atoms. The fourth-order valence-corrected chi connectivity index (χ4v) is 2.09. The first kappa shape index (κ1) is 14.2. The van der Waals surface area contributed by atoms with Crippen LogP contribution in [0.5, 0.6) is 11.5 Å². The van der Waals surface area contributed by atoms with Crippen LogP contribution >= 0.6 is 0 Å². The summed E-state index contributed by atoms with van der Waals surface area (Å²) in [5.74, 6) is 1.68. The first-order valence-electron chi connectivity index (χ1n) is 6.77. The minimum Gasteiger partial charge on any atom is -0.486 e. The smallest absolute Gasteiger partial charge is 0.161 e. The molecule has 1 aromatic rings. The maximum Gasteiger partial charge on any atom is 0.161 e. The molecule has 0 unspecified atom stereocenters. The molecule has 0 bridgehead atoms. The van der Waals surface area contributed by atoms with E-state index in [1.807, 2.05) is 19.9 Å². The number of hydrogen-bond acceptors (Lipinski definition) is 4. The van der Waals surface area contributed by atoms with Gasteiger partial charge in [-0.25, -0.2) is 0 Å². The monoisotopic (exact) mass is 265 g/mol. The van der Waals surface area contributed by atoms with Gasteiger partial charge in [0, 0.05) is 5.54 Å². The third-order valence-corrected chi connectivity index (χ3v) is 3.39. The summed E-state index contributed by atoms with van der Waals surface area (Å²) in [6.45, 7) is 8.27. The van der Waals surface area contributed by atoms with Gasteiger partial charge in [-0.3, -0.25) is 0 Å². The average Bonchev–Trinajstić information content (AvgIpc) is 2.39. The molecule has 0 fully saturated rings. The number of benzene rings is 1. The van der Waals surface area contributed by atoms with Crippen molar-refractivity contribution in [1.82, 2.24) is 5.32 Å². The highest BCUT2D eigenvalue weighted by Gasteiger charge is 2.16. The Hall–Kier alpha value is -1.26. The molecular formula is C15H23NO3. The SMILES string of the molecule is Cc1cc2c(cc1CCNC(C)(C)CO)OCCO2. The van der Waals surface area contributed by atoms with E-state index in [0.29, 0.717) is 13.2 Å². The predicted octanol–water partition coefficient (Wildman–Crippen LogP) is 1.67. The summed E-state index contributed by atoms with van der Waals surface area (Å²) in [4.78, 5) is 0. The van der Waals surface area contributed by atoms with Gasteiger partial charge in [0.15, 0.2) is 11.5 Å². The van der Waals surface area contributed by atoms with Gasteiger partial charge >= 0.3 is 0 Å². The van der Waals surface area contributed by atoms with Gasteiger partial charge in [-0.1, -0.05) is 0 Å². The average molecular weight is 265 g/mol. The van der Waals surface area contributed by atoms with Crippen molar-refractivity contribution in [2.24, 2.45) is 0 Å². The Morgan fingerprint density at radius 3 is 2.47 bits per heavy atom. The number of rotatable bonds is 5. The highest BCUT2D eigenvalue weighted by molar-refractivity contribution is 5.47. The summed E-state index contributed by atoms with van der Waals surface area (Å²) in [7, 11) is 0. The van der Waals surface area contributed by atoms with E-state index < -0.39 is 0 Å². The molecule has 0 aromatic heterocycles. The second-order valence-corrected chi connectivity index (χ2v) is 5.64. The second kappa shape index (κ2) is 5.80. The summed E-state index contributed by atoms with van der Waals surface area (Å²) in [5.41, 5.74) is 2.24. The number of nitrogens with one attached hydrogen (secondary N) is 1. The molecule has 0 radical (unpaired) electrons. The summed E-state index contributed by atoms with van der Waals surface area (Å²) in [6.07, 6.45) is 0.909. The molecule has 0 saturated heterocycles. The molecule has 4 heteroatoms. The minimum absolute atomic E-state index is 0.132. The molecule has 19 heavy (non-hydrogen) atoms. The molecule has 2 rings (SSSR count). The number of aliphatic hydroxyl groups excluding tert-OH is 1. The molecule has 0 atom stereocenters. The zero-order valence-corrected chi connectivity index (χ0v) is 12.0. The lowest BCUT2D eigenvalue weighted by molar-refractivity contribution is 0.171. The van der Waals surface area contributed by atoms with Crippen molar-refractivity contribution in [3.63, 3.8) is 0 Å². The van der Waals surface area contributed by atoms with E-state index in [0.717, 1.165) is 24.5 Å². The highest BCUT2D eigenvalue weighted by Crippen LogP contribution is 2.33. The molecule has 4 nitrogen and oxygen atoms in total. The Balaban J connectivity index is 2.00. The van der Waals surface area contributed by atoms with Crippen molar-refractivity contribution >= 4 is 0 Å². The third kappa shape index (κ3) is 3.61. The Morgan fingerprint density at radius 1 is 1.21 bits per heavy atom. The lowest BCUT2D eigenvalue weighted by Gasteiger charge is -2.24. The van der Waals surface area contributed by atoms with Crippen LogP contribution in [0, 0.1) is 6.92 Å². The molecule has 0 aliphatic carbocycles. The summed E-state index contributed by atoms with van der Waals surface area (Å²) >= 11 is 0. The first-order chi connectivity index (χ1) is 9.02. The predicted molar refractivity (Wildman–Crippen MR) is 75.0 cm³/mol. The zero-order chi connectivity index (χ0) is 13.9. The fraction of sp³-hybridized carbons (Fsp3) is 0.600. The maximum atomic E-state index is 9.20. The van der Waals surface area contributed by atoms with Crippen LogP contribution in [0.2, 0.25) is 0 Å². The molecular weight excluding hydrogens is 242 g/mol. The zero-order valence-electron chi connectivity index (χ0n) is 12.0. The molecule has 1 aromatic carbocycles. The minimum atomic E-state index is -0.234. The van der Waals surface area contributed by atoms with E-state index in [2.05, 4.69) is 18.3 Å². The summed E-state index contributed by atoms with van der Waals surface area (Å²) in [5, 5.41) is 12.5. The van der Waals surface area contributed by atoms with Crippen molar-refractivity contribution in [2.75, 3.05) is 26.4 Å². The molecule has 0 amide bonds. The molecule has 1 aliphatic heterocycles. The standard InChI is InChI=1S/C15H23NO3/c1-11-8-13-14(19-7-6-18-13)9-12(11)4-5-16-15(2,3)10-17/h8-9,16-17H,4-7,10H2,1-3H3. The normalized spacial score (nSPS) is 14.5. The summed E-state index contributed by atoms with van der Waals surface area (Å²) in [6, 6.07) is 4.11. The highest BCUT2D eigenvalue weighted by atomic mass is 16.6. The Morgan fingerprint density at radius 2 is 1.84 bits per heavy atom. The van der Waals surface area contributed by atoms with Crippen LogP contribution in [-0.2, 0) is 6.42 Å². The van der Waals surface area contributed by atoms with Crippen LogP contribution in [-0.4, -0.2) is 37.0 Å². The lowest BCUT2D eigenvalue weighted by atomic mass is 10.0. The van der Waals surface area contributed by atoms with E-state index in [4.69, 9.17) is 9.47 Å². The third-order valence-electron chi connectivity index (χ3n) is 3.39. The fourth-order valence-electron chi connectivity index (χ4n) is 2.09. The van der Waals surface area contributed by atoms with E-state index in [1.165, 1.54) is 11.1 Å².